The van der Waals surface area contributed by atoms with Crippen LogP contribution in [0.1, 0.15) is 16.8 Å². The van der Waals surface area contributed by atoms with E-state index in [2.05, 4.69) is 0 Å². The van der Waals surface area contributed by atoms with Crippen molar-refractivity contribution in [2.75, 3.05) is 19.7 Å². The second-order valence-corrected chi connectivity index (χ2v) is 8.22. The molecule has 0 radical (unpaired) electrons. The Morgan fingerprint density at radius 3 is 2.52 bits per heavy atom. The molecular formula is C23H21Cl2NO3. The number of likely N-dealkylation sites (tertiary alicyclic amines) is 1. The Morgan fingerprint density at radius 2 is 1.79 bits per heavy atom. The Balaban J connectivity index is 1.76. The van der Waals surface area contributed by atoms with Crippen molar-refractivity contribution in [1.82, 2.24) is 4.90 Å². The summed E-state index contributed by atoms with van der Waals surface area (Å²) in [5.74, 6) is -0.302. The van der Waals surface area contributed by atoms with E-state index in [4.69, 9.17) is 23.2 Å². The molecule has 3 aromatic carbocycles. The van der Waals surface area contributed by atoms with E-state index in [1.165, 1.54) is 0 Å². The lowest BCUT2D eigenvalue weighted by molar-refractivity contribution is 0.000952. The lowest BCUT2D eigenvalue weighted by Crippen LogP contribution is -2.47. The van der Waals surface area contributed by atoms with Gasteiger partial charge in [0.25, 0.3) is 5.91 Å². The minimum atomic E-state index is -0.714. The number of carbonyl (C=O) groups excluding carboxylic acids is 1. The molecule has 1 saturated heterocycles. The lowest BCUT2D eigenvalue weighted by Gasteiger charge is -2.35. The van der Waals surface area contributed by atoms with Crippen LogP contribution in [-0.4, -0.2) is 46.8 Å². The van der Waals surface area contributed by atoms with Crippen LogP contribution in [0.3, 0.4) is 0 Å². The fourth-order valence-electron chi connectivity index (χ4n) is 3.97. The molecule has 29 heavy (non-hydrogen) atoms. The molecule has 4 nitrogen and oxygen atoms in total. The van der Waals surface area contributed by atoms with Gasteiger partial charge >= 0.3 is 0 Å². The highest BCUT2D eigenvalue weighted by molar-refractivity contribution is 6.35. The smallest absolute Gasteiger partial charge is 0.254 e. The summed E-state index contributed by atoms with van der Waals surface area (Å²) in [6.07, 6.45) is -0.133. The third kappa shape index (κ3) is 3.86. The number of hydrogen-bond donors (Lipinski definition) is 2. The molecule has 3 aromatic rings. The molecule has 6 heteroatoms. The molecule has 0 saturated carbocycles. The van der Waals surface area contributed by atoms with Gasteiger partial charge in [-0.2, -0.15) is 0 Å². The Hall–Kier alpha value is -2.11. The Labute approximate surface area is 179 Å². The van der Waals surface area contributed by atoms with Crippen LogP contribution < -0.4 is 0 Å². The van der Waals surface area contributed by atoms with Crippen molar-refractivity contribution in [3.8, 4) is 11.1 Å². The summed E-state index contributed by atoms with van der Waals surface area (Å²) >= 11 is 12.6. The first-order valence-corrected chi connectivity index (χ1v) is 10.3. The molecule has 0 unspecified atom stereocenters. The average molecular weight is 430 g/mol. The number of benzene rings is 3. The van der Waals surface area contributed by atoms with Gasteiger partial charge in [-0.15, -0.1) is 0 Å². The molecule has 1 amide bonds. The average Bonchev–Trinajstić information content (AvgIpc) is 2.74. The van der Waals surface area contributed by atoms with Gasteiger partial charge in [0.1, 0.15) is 0 Å². The van der Waals surface area contributed by atoms with E-state index < -0.39 is 6.10 Å². The summed E-state index contributed by atoms with van der Waals surface area (Å²) < 4.78 is 0. The van der Waals surface area contributed by atoms with Crippen LogP contribution in [0.15, 0.2) is 54.6 Å². The largest absolute Gasteiger partial charge is 0.396 e. The van der Waals surface area contributed by atoms with E-state index in [1.54, 1.807) is 17.0 Å². The van der Waals surface area contributed by atoms with Crippen molar-refractivity contribution in [1.29, 1.82) is 0 Å². The minimum Gasteiger partial charge on any atom is -0.396 e. The van der Waals surface area contributed by atoms with Crippen LogP contribution in [-0.2, 0) is 0 Å². The van der Waals surface area contributed by atoms with Gasteiger partial charge in [-0.1, -0.05) is 53.5 Å². The quantitative estimate of drug-likeness (QED) is 0.637. The standard InChI is InChI=1S/C23H21Cl2NO3/c24-15-5-8-21(25)20(11-15)18-6-7-19(17-4-2-1-3-16(17)18)23(29)26-10-9-14(13-27)22(28)12-26/h1-8,11,14,22,27-28H,9-10,12-13H2/t14-,22-/m1/s1. The number of nitrogens with zero attached hydrogens (tertiary/aromatic N) is 1. The molecule has 1 heterocycles. The van der Waals surface area contributed by atoms with Gasteiger partial charge in [-0.25, -0.2) is 0 Å². The third-order valence-corrected chi connectivity index (χ3v) is 6.18. The number of amides is 1. The zero-order valence-corrected chi connectivity index (χ0v) is 17.2. The van der Waals surface area contributed by atoms with Crippen molar-refractivity contribution in [2.24, 2.45) is 5.92 Å². The maximum absolute atomic E-state index is 13.2. The summed E-state index contributed by atoms with van der Waals surface area (Å²) in [6.45, 7) is 0.665. The molecule has 2 N–H and O–H groups in total. The first-order chi connectivity index (χ1) is 14.0. The highest BCUT2D eigenvalue weighted by Crippen LogP contribution is 2.37. The highest BCUT2D eigenvalue weighted by Gasteiger charge is 2.30. The molecule has 150 valence electrons. The number of carbonyl (C=O) groups is 1. The van der Waals surface area contributed by atoms with Gasteiger partial charge in [-0.3, -0.25) is 4.79 Å². The molecule has 1 aliphatic rings. The Kier molecular flexibility index (Phi) is 5.79. The van der Waals surface area contributed by atoms with Crippen molar-refractivity contribution in [3.05, 3.63) is 70.2 Å². The molecule has 1 fully saturated rings. The van der Waals surface area contributed by atoms with Crippen molar-refractivity contribution in [2.45, 2.75) is 12.5 Å². The number of aliphatic hydroxyl groups is 2. The molecular weight excluding hydrogens is 409 g/mol. The van der Waals surface area contributed by atoms with Crippen LogP contribution in [0.5, 0.6) is 0 Å². The first kappa shape index (κ1) is 20.2. The number of rotatable bonds is 3. The molecule has 0 bridgehead atoms. The number of fused-ring (bicyclic) bond motifs is 1. The van der Waals surface area contributed by atoms with Gasteiger partial charge in [0.15, 0.2) is 0 Å². The van der Waals surface area contributed by atoms with Crippen LogP contribution in [0.4, 0.5) is 0 Å². The van der Waals surface area contributed by atoms with Crippen LogP contribution in [0, 0.1) is 5.92 Å². The molecule has 2 atom stereocenters. The van der Waals surface area contributed by atoms with E-state index in [0.29, 0.717) is 28.6 Å². The van der Waals surface area contributed by atoms with Gasteiger partial charge in [0.05, 0.1) is 6.10 Å². The lowest BCUT2D eigenvalue weighted by atomic mass is 9.92. The normalized spacial score (nSPS) is 19.5. The summed E-state index contributed by atoms with van der Waals surface area (Å²) in [5, 5.41) is 22.5. The van der Waals surface area contributed by atoms with Crippen molar-refractivity contribution >= 4 is 39.9 Å². The zero-order valence-electron chi connectivity index (χ0n) is 15.7. The molecule has 0 aliphatic carbocycles. The molecule has 1 aliphatic heterocycles. The summed E-state index contributed by atoms with van der Waals surface area (Å²) in [6, 6.07) is 16.7. The van der Waals surface area contributed by atoms with E-state index in [-0.39, 0.29) is 25.0 Å². The second-order valence-electron chi connectivity index (χ2n) is 7.38. The predicted molar refractivity (Wildman–Crippen MR) is 117 cm³/mol. The summed E-state index contributed by atoms with van der Waals surface area (Å²) in [4.78, 5) is 14.9. The topological polar surface area (TPSA) is 60.8 Å². The molecule has 0 spiro atoms. The fraction of sp³-hybridized carbons (Fsp3) is 0.261. The number of β-amino-alcohol motifs (C(OH)–C–C–N with tert-alkyl or cyclic N) is 1. The minimum absolute atomic E-state index is 0.0682. The fourth-order valence-corrected chi connectivity index (χ4v) is 4.36. The number of piperidine rings is 1. The number of hydrogen-bond acceptors (Lipinski definition) is 3. The van der Waals surface area contributed by atoms with E-state index in [0.717, 1.165) is 21.9 Å². The highest BCUT2D eigenvalue weighted by atomic mass is 35.5. The van der Waals surface area contributed by atoms with Gasteiger partial charge in [0, 0.05) is 46.8 Å². The van der Waals surface area contributed by atoms with E-state index in [9.17, 15) is 15.0 Å². The predicted octanol–water partition coefficient (Wildman–Crippen LogP) is 4.63. The monoisotopic (exact) mass is 429 g/mol. The SMILES string of the molecule is O=C(c1ccc(-c2cc(Cl)ccc2Cl)c2ccccc12)N1CC[C@H](CO)[C@H](O)C1. The van der Waals surface area contributed by atoms with Gasteiger partial charge in [0.2, 0.25) is 0 Å². The summed E-state index contributed by atoms with van der Waals surface area (Å²) in [7, 11) is 0. The number of aliphatic hydroxyl groups excluding tert-OH is 2. The first-order valence-electron chi connectivity index (χ1n) is 9.55. The van der Waals surface area contributed by atoms with E-state index in [1.807, 2.05) is 42.5 Å². The van der Waals surface area contributed by atoms with Crippen LogP contribution in [0.25, 0.3) is 21.9 Å². The Bertz CT molecular complexity index is 1070. The van der Waals surface area contributed by atoms with Gasteiger partial charge in [-0.05, 0) is 47.0 Å². The van der Waals surface area contributed by atoms with Gasteiger partial charge < -0.3 is 15.1 Å². The molecule has 0 aromatic heterocycles. The number of halogens is 2. The van der Waals surface area contributed by atoms with Crippen molar-refractivity contribution < 1.29 is 15.0 Å². The maximum Gasteiger partial charge on any atom is 0.254 e. The van der Waals surface area contributed by atoms with Crippen molar-refractivity contribution in [3.63, 3.8) is 0 Å². The molecule has 4 rings (SSSR count). The second kappa shape index (κ2) is 8.33. The maximum atomic E-state index is 13.2. The van der Waals surface area contributed by atoms with Crippen LogP contribution >= 0.6 is 23.2 Å². The Morgan fingerprint density at radius 1 is 1.03 bits per heavy atom. The zero-order chi connectivity index (χ0) is 20.5. The third-order valence-electron chi connectivity index (χ3n) is 5.62. The summed E-state index contributed by atoms with van der Waals surface area (Å²) in [5.41, 5.74) is 2.30. The van der Waals surface area contributed by atoms with Crippen LogP contribution in [0.2, 0.25) is 10.0 Å². The van der Waals surface area contributed by atoms with E-state index >= 15 is 0 Å².